The largest absolute Gasteiger partial charge is 0.493 e. The van der Waals surface area contributed by atoms with Crippen molar-refractivity contribution in [3.8, 4) is 11.5 Å². The van der Waals surface area contributed by atoms with Gasteiger partial charge in [0.1, 0.15) is 0 Å². The highest BCUT2D eigenvalue weighted by molar-refractivity contribution is 8.18. The Morgan fingerprint density at radius 1 is 0.970 bits per heavy atom. The lowest BCUT2D eigenvalue weighted by molar-refractivity contribution is -0.123. The van der Waals surface area contributed by atoms with Gasteiger partial charge in [-0.05, 0) is 60.2 Å². The third-order valence-corrected chi connectivity index (χ3v) is 5.94. The highest BCUT2D eigenvalue weighted by Gasteiger charge is 2.35. The van der Waals surface area contributed by atoms with E-state index in [4.69, 9.17) is 9.47 Å². The van der Waals surface area contributed by atoms with Crippen LogP contribution in [0.4, 0.5) is 4.79 Å². The Bertz CT molecular complexity index is 1240. The van der Waals surface area contributed by atoms with Crippen molar-refractivity contribution < 1.29 is 23.9 Å². The summed E-state index contributed by atoms with van der Waals surface area (Å²) in [4.78, 5) is 39.2. The molecule has 0 unspecified atom stereocenters. The van der Waals surface area contributed by atoms with Crippen molar-refractivity contribution in [2.45, 2.75) is 13.5 Å². The fraction of sp³-hybridized carbons (Fsp3) is 0.115. The fourth-order valence-corrected chi connectivity index (χ4v) is 4.10. The zero-order chi connectivity index (χ0) is 23.4. The maximum absolute atomic E-state index is 12.8. The molecule has 3 aromatic carbocycles. The number of hydrogen-bond acceptors (Lipinski definition) is 6. The molecule has 1 saturated heterocycles. The van der Waals surface area contributed by atoms with Crippen molar-refractivity contribution in [3.63, 3.8) is 0 Å². The van der Waals surface area contributed by atoms with E-state index in [1.165, 1.54) is 12.0 Å². The van der Waals surface area contributed by atoms with Gasteiger partial charge in [-0.25, -0.2) is 4.79 Å². The lowest BCUT2D eigenvalue weighted by Crippen LogP contribution is -2.27. The summed E-state index contributed by atoms with van der Waals surface area (Å²) in [5.41, 5.74) is 3.00. The van der Waals surface area contributed by atoms with E-state index in [0.717, 1.165) is 22.9 Å². The smallest absolute Gasteiger partial charge is 0.343 e. The number of benzene rings is 3. The number of hydrogen-bond donors (Lipinski definition) is 0. The van der Waals surface area contributed by atoms with Gasteiger partial charge in [-0.15, -0.1) is 0 Å². The third kappa shape index (κ3) is 5.15. The molecular weight excluding hydrogens is 438 g/mol. The Kier molecular flexibility index (Phi) is 6.60. The second kappa shape index (κ2) is 9.75. The van der Waals surface area contributed by atoms with Gasteiger partial charge in [-0.1, -0.05) is 54.1 Å². The molecule has 1 fully saturated rings. The summed E-state index contributed by atoms with van der Waals surface area (Å²) in [5, 5.41) is -0.314. The average molecular weight is 460 g/mol. The molecule has 0 saturated carbocycles. The van der Waals surface area contributed by atoms with Crippen LogP contribution in [0.3, 0.4) is 0 Å². The van der Waals surface area contributed by atoms with Gasteiger partial charge < -0.3 is 9.47 Å². The van der Waals surface area contributed by atoms with Gasteiger partial charge in [0, 0.05) is 0 Å². The summed E-state index contributed by atoms with van der Waals surface area (Å²) in [5.74, 6) is -0.240. The number of methoxy groups -OCH3 is 1. The number of thioether (sulfide) groups is 1. The molecule has 166 valence electrons. The van der Waals surface area contributed by atoms with E-state index in [2.05, 4.69) is 0 Å². The zero-order valence-electron chi connectivity index (χ0n) is 18.1. The fourth-order valence-electron chi connectivity index (χ4n) is 3.26. The minimum Gasteiger partial charge on any atom is -0.493 e. The standard InChI is InChI=1S/C26H21NO5S/c1-17-8-11-20(12-9-17)25(29)32-21-13-10-19(14-22(21)31-2)15-23-24(28)27(26(30)33-23)16-18-6-4-3-5-7-18/h3-15H,16H2,1-2H3/b23-15-. The molecular formula is C26H21NO5S. The van der Waals surface area contributed by atoms with E-state index in [1.807, 2.05) is 49.4 Å². The first-order chi connectivity index (χ1) is 15.9. The van der Waals surface area contributed by atoms with Crippen LogP contribution in [0.2, 0.25) is 0 Å². The van der Waals surface area contributed by atoms with Crippen LogP contribution >= 0.6 is 11.8 Å². The van der Waals surface area contributed by atoms with Crippen molar-refractivity contribution in [1.29, 1.82) is 0 Å². The van der Waals surface area contributed by atoms with Crippen LogP contribution in [0.5, 0.6) is 11.5 Å². The summed E-state index contributed by atoms with van der Waals surface area (Å²) < 4.78 is 10.9. The monoisotopic (exact) mass is 459 g/mol. The SMILES string of the molecule is COc1cc(/C=C2\SC(=O)N(Cc3ccccc3)C2=O)ccc1OC(=O)c1ccc(C)cc1. The van der Waals surface area contributed by atoms with E-state index >= 15 is 0 Å². The number of amides is 2. The summed E-state index contributed by atoms with van der Waals surface area (Å²) in [7, 11) is 1.47. The Hall–Kier alpha value is -3.84. The van der Waals surface area contributed by atoms with Gasteiger partial charge in [0.25, 0.3) is 11.1 Å². The maximum atomic E-state index is 12.8. The summed E-state index contributed by atoms with van der Waals surface area (Å²) in [6, 6.07) is 21.4. The number of rotatable bonds is 6. The number of esters is 1. The van der Waals surface area contributed by atoms with Gasteiger partial charge in [0.15, 0.2) is 11.5 Å². The van der Waals surface area contributed by atoms with Crippen LogP contribution in [-0.4, -0.2) is 29.1 Å². The minimum absolute atomic E-state index is 0.222. The first-order valence-electron chi connectivity index (χ1n) is 10.2. The number of nitrogens with zero attached hydrogens (tertiary/aromatic N) is 1. The van der Waals surface area contributed by atoms with E-state index in [1.54, 1.807) is 36.4 Å². The van der Waals surface area contributed by atoms with Crippen LogP contribution < -0.4 is 9.47 Å². The van der Waals surface area contributed by atoms with E-state index in [0.29, 0.717) is 21.8 Å². The van der Waals surface area contributed by atoms with Crippen molar-refractivity contribution in [2.75, 3.05) is 7.11 Å². The summed E-state index contributed by atoms with van der Waals surface area (Å²) in [6.07, 6.45) is 1.63. The van der Waals surface area contributed by atoms with Crippen LogP contribution in [0.25, 0.3) is 6.08 Å². The second-order valence-corrected chi connectivity index (χ2v) is 8.41. The molecule has 0 N–H and O–H groups in total. The summed E-state index contributed by atoms with van der Waals surface area (Å²) in [6.45, 7) is 2.16. The quantitative estimate of drug-likeness (QED) is 0.277. The molecule has 0 bridgehead atoms. The molecule has 6 nitrogen and oxygen atoms in total. The third-order valence-electron chi connectivity index (χ3n) is 5.03. The molecule has 2 amide bonds. The first-order valence-corrected chi connectivity index (χ1v) is 11.0. The van der Waals surface area contributed by atoms with Crippen molar-refractivity contribution >= 4 is 35.0 Å². The first kappa shape index (κ1) is 22.4. The highest BCUT2D eigenvalue weighted by Crippen LogP contribution is 2.35. The highest BCUT2D eigenvalue weighted by atomic mass is 32.2. The second-order valence-electron chi connectivity index (χ2n) is 7.42. The van der Waals surface area contributed by atoms with Gasteiger partial charge in [-0.2, -0.15) is 0 Å². The number of ether oxygens (including phenoxy) is 2. The predicted octanol–water partition coefficient (Wildman–Crippen LogP) is 5.46. The molecule has 1 heterocycles. The average Bonchev–Trinajstić information content (AvgIpc) is 3.08. The van der Waals surface area contributed by atoms with Gasteiger partial charge >= 0.3 is 5.97 Å². The summed E-state index contributed by atoms with van der Waals surface area (Å²) >= 11 is 0.895. The number of carbonyl (C=O) groups is 3. The lowest BCUT2D eigenvalue weighted by atomic mass is 10.1. The Morgan fingerprint density at radius 2 is 1.70 bits per heavy atom. The van der Waals surface area contributed by atoms with E-state index in [9.17, 15) is 14.4 Å². The maximum Gasteiger partial charge on any atom is 0.343 e. The molecule has 7 heteroatoms. The van der Waals surface area contributed by atoms with Crippen molar-refractivity contribution in [2.24, 2.45) is 0 Å². The van der Waals surface area contributed by atoms with Gasteiger partial charge in [0.05, 0.1) is 24.1 Å². The molecule has 3 aromatic rings. The topological polar surface area (TPSA) is 72.9 Å². The molecule has 33 heavy (non-hydrogen) atoms. The molecule has 1 aliphatic rings. The van der Waals surface area contributed by atoms with Gasteiger partial charge in [-0.3, -0.25) is 14.5 Å². The minimum atomic E-state index is -0.497. The molecule has 1 aliphatic heterocycles. The Balaban J connectivity index is 1.51. The van der Waals surface area contributed by atoms with E-state index in [-0.39, 0.29) is 23.4 Å². The van der Waals surface area contributed by atoms with Crippen LogP contribution in [-0.2, 0) is 11.3 Å². The molecule has 0 spiro atoms. The number of aryl methyl sites for hydroxylation is 1. The Morgan fingerprint density at radius 3 is 2.39 bits per heavy atom. The van der Waals surface area contributed by atoms with Crippen molar-refractivity contribution in [3.05, 3.63) is 100.0 Å². The van der Waals surface area contributed by atoms with Crippen LogP contribution in [0.1, 0.15) is 27.0 Å². The van der Waals surface area contributed by atoms with Crippen LogP contribution in [0, 0.1) is 6.92 Å². The predicted molar refractivity (Wildman–Crippen MR) is 127 cm³/mol. The molecule has 4 rings (SSSR count). The molecule has 0 aromatic heterocycles. The molecule has 0 atom stereocenters. The lowest BCUT2D eigenvalue weighted by Gasteiger charge is -2.12. The molecule has 0 radical (unpaired) electrons. The van der Waals surface area contributed by atoms with Crippen molar-refractivity contribution in [1.82, 2.24) is 4.90 Å². The number of carbonyl (C=O) groups excluding carboxylic acids is 3. The molecule has 0 aliphatic carbocycles. The number of imide groups is 1. The zero-order valence-corrected chi connectivity index (χ0v) is 18.9. The van der Waals surface area contributed by atoms with Gasteiger partial charge in [0.2, 0.25) is 0 Å². The van der Waals surface area contributed by atoms with Crippen LogP contribution in [0.15, 0.2) is 77.7 Å². The van der Waals surface area contributed by atoms with E-state index < -0.39 is 5.97 Å². The normalized spacial score (nSPS) is 14.6. The Labute approximate surface area is 195 Å².